The Bertz CT molecular complexity index is 163. The van der Waals surface area contributed by atoms with E-state index in [0.29, 0.717) is 32.5 Å². The fraction of sp³-hybridized carbons (Fsp3) is 0.778. The number of urea groups is 1. The molecule has 0 saturated carbocycles. The van der Waals surface area contributed by atoms with E-state index in [4.69, 9.17) is 0 Å². The molecule has 0 aromatic carbocycles. The Morgan fingerprint density at radius 3 is 2.21 bits per heavy atom. The lowest BCUT2D eigenvalue weighted by atomic mass is 10.3. The number of hydrogen-bond donors (Lipinski definition) is 3. The molecule has 3 amide bonds. The lowest BCUT2D eigenvalue weighted by Crippen LogP contribution is -2.36. The molecule has 0 unspecified atom stereocenters. The number of nitrogens with one attached hydrogen (secondary N) is 3. The molecule has 0 spiro atoms. The summed E-state index contributed by atoms with van der Waals surface area (Å²) >= 11 is 0. The van der Waals surface area contributed by atoms with Crippen molar-refractivity contribution in [1.29, 1.82) is 0 Å². The van der Waals surface area contributed by atoms with E-state index in [1.54, 1.807) is 0 Å². The molecule has 0 bridgehead atoms. The molecule has 0 rings (SSSR count). The molecule has 0 radical (unpaired) electrons. The standard InChI is InChI=1S/C9H19N3O2/c1-3-10-8(13)6-5-7-12-9(14)11-4-2/h3-7H2,1-2H3,(H,10,13)(H2,11,12,14). The van der Waals surface area contributed by atoms with Crippen LogP contribution in [-0.2, 0) is 4.79 Å². The summed E-state index contributed by atoms with van der Waals surface area (Å²) in [6, 6.07) is -0.177. The molecular formula is C9H19N3O2. The minimum atomic E-state index is -0.177. The maximum Gasteiger partial charge on any atom is 0.314 e. The van der Waals surface area contributed by atoms with Crippen LogP contribution in [0, 0.1) is 0 Å². The van der Waals surface area contributed by atoms with Crippen LogP contribution in [0.5, 0.6) is 0 Å². The van der Waals surface area contributed by atoms with Gasteiger partial charge in [-0.25, -0.2) is 4.79 Å². The Hall–Kier alpha value is -1.26. The van der Waals surface area contributed by atoms with E-state index in [0.717, 1.165) is 0 Å². The highest BCUT2D eigenvalue weighted by molar-refractivity contribution is 5.76. The highest BCUT2D eigenvalue weighted by atomic mass is 16.2. The smallest absolute Gasteiger partial charge is 0.314 e. The van der Waals surface area contributed by atoms with Gasteiger partial charge in [0.25, 0.3) is 0 Å². The molecule has 3 N–H and O–H groups in total. The van der Waals surface area contributed by atoms with E-state index >= 15 is 0 Å². The Morgan fingerprint density at radius 2 is 1.64 bits per heavy atom. The van der Waals surface area contributed by atoms with E-state index < -0.39 is 0 Å². The molecule has 0 fully saturated rings. The Morgan fingerprint density at radius 1 is 1.00 bits per heavy atom. The van der Waals surface area contributed by atoms with Gasteiger partial charge < -0.3 is 16.0 Å². The molecule has 0 aliphatic rings. The summed E-state index contributed by atoms with van der Waals surface area (Å²) in [5.74, 6) is 0.0326. The van der Waals surface area contributed by atoms with E-state index in [9.17, 15) is 9.59 Å². The zero-order valence-electron chi connectivity index (χ0n) is 8.85. The topological polar surface area (TPSA) is 70.2 Å². The maximum atomic E-state index is 11.0. The number of rotatable bonds is 6. The summed E-state index contributed by atoms with van der Waals surface area (Å²) in [7, 11) is 0. The lowest BCUT2D eigenvalue weighted by molar-refractivity contribution is -0.121. The van der Waals surface area contributed by atoms with Crippen molar-refractivity contribution >= 4 is 11.9 Å². The van der Waals surface area contributed by atoms with Gasteiger partial charge in [0.1, 0.15) is 0 Å². The van der Waals surface area contributed by atoms with Gasteiger partial charge in [0.2, 0.25) is 5.91 Å². The highest BCUT2D eigenvalue weighted by Crippen LogP contribution is 1.86. The van der Waals surface area contributed by atoms with Gasteiger partial charge in [-0.3, -0.25) is 4.79 Å². The van der Waals surface area contributed by atoms with Crippen LogP contribution in [0.3, 0.4) is 0 Å². The second kappa shape index (κ2) is 8.34. The van der Waals surface area contributed by atoms with Crippen LogP contribution in [0.2, 0.25) is 0 Å². The minimum Gasteiger partial charge on any atom is -0.356 e. The molecule has 0 atom stereocenters. The predicted octanol–water partition coefficient (Wildman–Crippen LogP) is 0.222. The first kappa shape index (κ1) is 12.7. The van der Waals surface area contributed by atoms with Crippen LogP contribution in [0.25, 0.3) is 0 Å². The number of carbonyl (C=O) groups excluding carboxylic acids is 2. The third kappa shape index (κ3) is 7.39. The van der Waals surface area contributed by atoms with Crippen molar-refractivity contribution in [3.8, 4) is 0 Å². The van der Waals surface area contributed by atoms with Gasteiger partial charge in [-0.05, 0) is 20.3 Å². The van der Waals surface area contributed by atoms with Crippen molar-refractivity contribution in [3.63, 3.8) is 0 Å². The first-order valence-electron chi connectivity index (χ1n) is 4.99. The monoisotopic (exact) mass is 201 g/mol. The molecular weight excluding hydrogens is 182 g/mol. The van der Waals surface area contributed by atoms with Crippen LogP contribution >= 0.6 is 0 Å². The SMILES string of the molecule is CCNC(=O)CCCNC(=O)NCC. The summed E-state index contributed by atoms with van der Waals surface area (Å²) in [6.45, 7) is 5.53. The Balaban J connectivity index is 3.28. The molecule has 0 aliphatic carbocycles. The van der Waals surface area contributed by atoms with E-state index in [1.807, 2.05) is 13.8 Å². The van der Waals surface area contributed by atoms with Crippen LogP contribution in [0.4, 0.5) is 4.79 Å². The lowest BCUT2D eigenvalue weighted by Gasteiger charge is -2.05. The molecule has 0 aromatic heterocycles. The van der Waals surface area contributed by atoms with Crippen LogP contribution in [0.1, 0.15) is 26.7 Å². The van der Waals surface area contributed by atoms with E-state index in [-0.39, 0.29) is 11.9 Å². The molecule has 82 valence electrons. The third-order valence-electron chi connectivity index (χ3n) is 1.58. The van der Waals surface area contributed by atoms with Crippen LogP contribution < -0.4 is 16.0 Å². The average Bonchev–Trinajstić information content (AvgIpc) is 2.13. The summed E-state index contributed by atoms with van der Waals surface area (Å²) in [5.41, 5.74) is 0. The molecule has 0 aliphatic heterocycles. The van der Waals surface area contributed by atoms with Crippen molar-refractivity contribution in [1.82, 2.24) is 16.0 Å². The fourth-order valence-corrected chi connectivity index (χ4v) is 0.959. The Kier molecular flexibility index (Phi) is 7.59. The van der Waals surface area contributed by atoms with Gasteiger partial charge in [0.05, 0.1) is 0 Å². The summed E-state index contributed by atoms with van der Waals surface area (Å²) < 4.78 is 0. The third-order valence-corrected chi connectivity index (χ3v) is 1.58. The van der Waals surface area contributed by atoms with Crippen molar-refractivity contribution in [2.75, 3.05) is 19.6 Å². The van der Waals surface area contributed by atoms with Gasteiger partial charge in [-0.15, -0.1) is 0 Å². The van der Waals surface area contributed by atoms with Gasteiger partial charge in [0, 0.05) is 26.1 Å². The number of carbonyl (C=O) groups is 2. The first-order valence-corrected chi connectivity index (χ1v) is 4.99. The van der Waals surface area contributed by atoms with Gasteiger partial charge in [-0.2, -0.15) is 0 Å². The maximum absolute atomic E-state index is 11.0. The minimum absolute atomic E-state index is 0.0326. The van der Waals surface area contributed by atoms with Gasteiger partial charge in [-0.1, -0.05) is 0 Å². The van der Waals surface area contributed by atoms with Gasteiger partial charge in [0.15, 0.2) is 0 Å². The Labute approximate surface area is 84.6 Å². The molecule has 14 heavy (non-hydrogen) atoms. The first-order chi connectivity index (χ1) is 6.70. The molecule has 0 heterocycles. The second-order valence-electron chi connectivity index (χ2n) is 2.84. The van der Waals surface area contributed by atoms with Crippen LogP contribution in [0.15, 0.2) is 0 Å². The summed E-state index contributed by atoms with van der Waals surface area (Å²) in [6.07, 6.45) is 1.13. The zero-order chi connectivity index (χ0) is 10.8. The van der Waals surface area contributed by atoms with E-state index in [1.165, 1.54) is 0 Å². The quantitative estimate of drug-likeness (QED) is 0.538. The second-order valence-corrected chi connectivity index (χ2v) is 2.84. The largest absolute Gasteiger partial charge is 0.356 e. The molecule has 0 saturated heterocycles. The molecule has 0 aromatic rings. The van der Waals surface area contributed by atoms with Crippen molar-refractivity contribution in [2.24, 2.45) is 0 Å². The molecule has 5 heteroatoms. The highest BCUT2D eigenvalue weighted by Gasteiger charge is 2.00. The van der Waals surface area contributed by atoms with Crippen molar-refractivity contribution < 1.29 is 9.59 Å². The van der Waals surface area contributed by atoms with E-state index in [2.05, 4.69) is 16.0 Å². The molecule has 5 nitrogen and oxygen atoms in total. The zero-order valence-corrected chi connectivity index (χ0v) is 8.85. The normalized spacial score (nSPS) is 9.29. The van der Waals surface area contributed by atoms with Crippen molar-refractivity contribution in [3.05, 3.63) is 0 Å². The summed E-state index contributed by atoms with van der Waals surface area (Å²) in [4.78, 5) is 21.9. The van der Waals surface area contributed by atoms with Gasteiger partial charge >= 0.3 is 6.03 Å². The van der Waals surface area contributed by atoms with Crippen LogP contribution in [-0.4, -0.2) is 31.6 Å². The average molecular weight is 201 g/mol. The predicted molar refractivity (Wildman–Crippen MR) is 55.0 cm³/mol. The number of amides is 3. The number of hydrogen-bond acceptors (Lipinski definition) is 2. The van der Waals surface area contributed by atoms with Crippen molar-refractivity contribution in [2.45, 2.75) is 26.7 Å². The summed E-state index contributed by atoms with van der Waals surface area (Å²) in [5, 5.41) is 7.95. The fourth-order valence-electron chi connectivity index (χ4n) is 0.959.